The molecule has 0 amide bonds. The summed E-state index contributed by atoms with van der Waals surface area (Å²) >= 11 is 0. The van der Waals surface area contributed by atoms with E-state index in [-0.39, 0.29) is 12.2 Å². The normalized spacial score (nSPS) is 11.8. The number of halogens is 1. The Morgan fingerprint density at radius 1 is 1.32 bits per heavy atom. The number of hydrogen-bond acceptors (Lipinski definition) is 3. The van der Waals surface area contributed by atoms with E-state index in [0.717, 1.165) is 0 Å². The molecule has 0 bridgehead atoms. The highest BCUT2D eigenvalue weighted by Crippen LogP contribution is 2.21. The van der Waals surface area contributed by atoms with Crippen molar-refractivity contribution in [3.63, 3.8) is 0 Å². The largest absolute Gasteiger partial charge is 0.491 e. The van der Waals surface area contributed by atoms with Crippen LogP contribution in [0.25, 0.3) is 0 Å². The molecule has 5 heteroatoms. The van der Waals surface area contributed by atoms with Gasteiger partial charge in [0.15, 0.2) is 0 Å². The van der Waals surface area contributed by atoms with Crippen molar-refractivity contribution in [3.8, 4) is 5.75 Å². The first-order valence-corrected chi connectivity index (χ1v) is 5.68. The lowest BCUT2D eigenvalue weighted by atomic mass is 10.00. The smallest absolute Gasteiger partial charge is 0.314 e. The molecule has 0 saturated carbocycles. The van der Waals surface area contributed by atoms with Gasteiger partial charge >= 0.3 is 5.97 Å². The summed E-state index contributed by atoms with van der Waals surface area (Å²) in [5.41, 5.74) is 0.110. The fourth-order valence-electron chi connectivity index (χ4n) is 1.66. The van der Waals surface area contributed by atoms with Crippen LogP contribution >= 0.6 is 0 Å². The molecule has 1 aromatic carbocycles. The molecule has 0 saturated heterocycles. The van der Waals surface area contributed by atoms with E-state index in [4.69, 9.17) is 9.84 Å². The Labute approximate surface area is 109 Å². The Kier molecular flexibility index (Phi) is 4.07. The first kappa shape index (κ1) is 13.0. The Bertz CT molecular complexity index is 560. The van der Waals surface area contributed by atoms with Gasteiger partial charge in [0.1, 0.15) is 24.1 Å². The second-order valence-electron chi connectivity index (χ2n) is 3.91. The van der Waals surface area contributed by atoms with Gasteiger partial charge in [-0.15, -0.1) is 0 Å². The fourth-order valence-corrected chi connectivity index (χ4v) is 1.66. The van der Waals surface area contributed by atoms with Crippen LogP contribution < -0.4 is 4.74 Å². The predicted molar refractivity (Wildman–Crippen MR) is 66.5 cm³/mol. The van der Waals surface area contributed by atoms with E-state index in [1.165, 1.54) is 24.4 Å². The standard InChI is InChI=1S/C14H12FNO3/c15-13-6-2-1-5-11(13)12(14(17)18)9-19-10-4-3-7-16-8-10/h1-8,12H,9H2,(H,17,18). The van der Waals surface area contributed by atoms with Crippen LogP contribution in [0.5, 0.6) is 5.75 Å². The molecule has 0 aliphatic rings. The minimum atomic E-state index is -1.13. The topological polar surface area (TPSA) is 59.4 Å². The predicted octanol–water partition coefficient (Wildman–Crippen LogP) is 2.47. The van der Waals surface area contributed by atoms with Gasteiger partial charge in [-0.25, -0.2) is 4.39 Å². The number of hydrogen-bond donors (Lipinski definition) is 1. The van der Waals surface area contributed by atoms with Gasteiger partial charge in [0.05, 0.1) is 6.20 Å². The van der Waals surface area contributed by atoms with Crippen LogP contribution in [-0.4, -0.2) is 22.7 Å². The molecule has 1 unspecified atom stereocenters. The lowest BCUT2D eigenvalue weighted by molar-refractivity contribution is -0.139. The van der Waals surface area contributed by atoms with Crippen LogP contribution in [0.2, 0.25) is 0 Å². The molecule has 19 heavy (non-hydrogen) atoms. The van der Waals surface area contributed by atoms with E-state index in [1.807, 2.05) is 0 Å². The third kappa shape index (κ3) is 3.28. The molecule has 1 N–H and O–H groups in total. The molecule has 1 heterocycles. The maximum atomic E-state index is 13.6. The molecule has 4 nitrogen and oxygen atoms in total. The molecular formula is C14H12FNO3. The van der Waals surface area contributed by atoms with Crippen LogP contribution in [0, 0.1) is 5.82 Å². The number of pyridine rings is 1. The van der Waals surface area contributed by atoms with Crippen molar-refractivity contribution in [2.75, 3.05) is 6.61 Å². The first-order valence-electron chi connectivity index (χ1n) is 5.68. The van der Waals surface area contributed by atoms with E-state index in [2.05, 4.69) is 4.98 Å². The number of benzene rings is 1. The highest BCUT2D eigenvalue weighted by Gasteiger charge is 2.23. The van der Waals surface area contributed by atoms with E-state index >= 15 is 0 Å². The molecule has 0 spiro atoms. The Morgan fingerprint density at radius 2 is 2.11 bits per heavy atom. The summed E-state index contributed by atoms with van der Waals surface area (Å²) < 4.78 is 18.9. The monoisotopic (exact) mass is 261 g/mol. The van der Waals surface area contributed by atoms with Crippen LogP contribution in [0.3, 0.4) is 0 Å². The molecule has 0 aliphatic heterocycles. The number of aromatic nitrogens is 1. The summed E-state index contributed by atoms with van der Waals surface area (Å²) in [5.74, 6) is -2.29. The average molecular weight is 261 g/mol. The summed E-state index contributed by atoms with van der Waals surface area (Å²) in [6.07, 6.45) is 3.05. The number of nitrogens with zero attached hydrogens (tertiary/aromatic N) is 1. The molecule has 1 atom stereocenters. The van der Waals surface area contributed by atoms with Crippen molar-refractivity contribution in [1.29, 1.82) is 0 Å². The number of aliphatic carboxylic acids is 1. The van der Waals surface area contributed by atoms with Gasteiger partial charge in [-0.2, -0.15) is 0 Å². The second-order valence-corrected chi connectivity index (χ2v) is 3.91. The minimum Gasteiger partial charge on any atom is -0.491 e. The highest BCUT2D eigenvalue weighted by molar-refractivity contribution is 5.76. The van der Waals surface area contributed by atoms with E-state index < -0.39 is 17.7 Å². The van der Waals surface area contributed by atoms with Crippen LogP contribution in [-0.2, 0) is 4.79 Å². The van der Waals surface area contributed by atoms with Gasteiger partial charge in [-0.3, -0.25) is 9.78 Å². The molecule has 1 aromatic heterocycles. The Balaban J connectivity index is 2.14. The Hall–Kier alpha value is -2.43. The molecule has 2 aromatic rings. The summed E-state index contributed by atoms with van der Waals surface area (Å²) in [6.45, 7) is -0.151. The summed E-state index contributed by atoms with van der Waals surface area (Å²) in [4.78, 5) is 15.1. The Morgan fingerprint density at radius 3 is 2.74 bits per heavy atom. The molecule has 0 aliphatic carbocycles. The van der Waals surface area contributed by atoms with E-state index in [0.29, 0.717) is 5.75 Å². The minimum absolute atomic E-state index is 0.110. The fraction of sp³-hybridized carbons (Fsp3) is 0.143. The lowest BCUT2D eigenvalue weighted by Crippen LogP contribution is -2.20. The molecule has 98 valence electrons. The van der Waals surface area contributed by atoms with Crippen molar-refractivity contribution in [3.05, 3.63) is 60.2 Å². The third-order valence-electron chi connectivity index (χ3n) is 2.63. The van der Waals surface area contributed by atoms with Gasteiger partial charge in [0, 0.05) is 11.8 Å². The molecule has 0 radical (unpaired) electrons. The van der Waals surface area contributed by atoms with Gasteiger partial charge in [-0.05, 0) is 18.2 Å². The van der Waals surface area contributed by atoms with Gasteiger partial charge in [-0.1, -0.05) is 18.2 Å². The van der Waals surface area contributed by atoms with Gasteiger partial charge in [0.2, 0.25) is 0 Å². The summed E-state index contributed by atoms with van der Waals surface area (Å²) in [5, 5.41) is 9.17. The maximum absolute atomic E-state index is 13.6. The van der Waals surface area contributed by atoms with Crippen molar-refractivity contribution in [2.24, 2.45) is 0 Å². The van der Waals surface area contributed by atoms with Crippen molar-refractivity contribution in [2.45, 2.75) is 5.92 Å². The summed E-state index contributed by atoms with van der Waals surface area (Å²) in [7, 11) is 0. The quantitative estimate of drug-likeness (QED) is 0.898. The van der Waals surface area contributed by atoms with Crippen LogP contribution in [0.1, 0.15) is 11.5 Å². The molecule has 2 rings (SSSR count). The van der Waals surface area contributed by atoms with Crippen molar-refractivity contribution in [1.82, 2.24) is 4.98 Å². The zero-order valence-electron chi connectivity index (χ0n) is 9.99. The molecular weight excluding hydrogens is 249 g/mol. The first-order chi connectivity index (χ1) is 9.18. The zero-order chi connectivity index (χ0) is 13.7. The van der Waals surface area contributed by atoms with E-state index in [9.17, 15) is 9.18 Å². The number of rotatable bonds is 5. The number of ether oxygens (including phenoxy) is 1. The molecule has 0 fully saturated rings. The van der Waals surface area contributed by atoms with Crippen molar-refractivity contribution >= 4 is 5.97 Å². The maximum Gasteiger partial charge on any atom is 0.314 e. The summed E-state index contributed by atoms with van der Waals surface area (Å²) in [6, 6.07) is 9.12. The van der Waals surface area contributed by atoms with Gasteiger partial charge < -0.3 is 9.84 Å². The van der Waals surface area contributed by atoms with Crippen LogP contribution in [0.15, 0.2) is 48.8 Å². The third-order valence-corrected chi connectivity index (χ3v) is 2.63. The van der Waals surface area contributed by atoms with Crippen LogP contribution in [0.4, 0.5) is 4.39 Å². The number of carboxylic acids is 1. The number of carbonyl (C=O) groups is 1. The van der Waals surface area contributed by atoms with Crippen molar-refractivity contribution < 1.29 is 19.0 Å². The second kappa shape index (κ2) is 5.95. The van der Waals surface area contributed by atoms with E-state index in [1.54, 1.807) is 24.4 Å². The zero-order valence-corrected chi connectivity index (χ0v) is 9.99. The lowest BCUT2D eigenvalue weighted by Gasteiger charge is -2.14. The number of carboxylic acid groups (broad SMARTS) is 1. The van der Waals surface area contributed by atoms with Gasteiger partial charge in [0.25, 0.3) is 0 Å². The SMILES string of the molecule is O=C(O)C(COc1cccnc1)c1ccccc1F. The average Bonchev–Trinajstić information content (AvgIpc) is 2.42. The highest BCUT2D eigenvalue weighted by atomic mass is 19.1.